The Kier molecular flexibility index (Phi) is 6.31. The molecule has 5 nitrogen and oxygen atoms in total. The minimum absolute atomic E-state index is 0.123. The van der Waals surface area contributed by atoms with E-state index < -0.39 is 0 Å². The zero-order valence-corrected chi connectivity index (χ0v) is 13.4. The molecule has 0 unspecified atom stereocenters. The Morgan fingerprint density at radius 2 is 1.67 bits per heavy atom. The first kappa shape index (κ1) is 17.5. The first-order valence-electron chi connectivity index (χ1n) is 7.66. The summed E-state index contributed by atoms with van der Waals surface area (Å²) in [6.07, 6.45) is 0.280. The number of carbonyl (C=O) groups is 2. The second-order valence-corrected chi connectivity index (χ2v) is 5.30. The summed E-state index contributed by atoms with van der Waals surface area (Å²) in [5.74, 6) is -0.599. The predicted molar refractivity (Wildman–Crippen MR) is 92.1 cm³/mol. The lowest BCUT2D eigenvalue weighted by atomic mass is 10.2. The normalized spacial score (nSPS) is 10.1. The van der Waals surface area contributed by atoms with Crippen molar-refractivity contribution in [1.29, 1.82) is 0 Å². The van der Waals surface area contributed by atoms with Crippen LogP contribution < -0.4 is 16.0 Å². The fourth-order valence-electron chi connectivity index (χ4n) is 2.12. The highest BCUT2D eigenvalue weighted by Gasteiger charge is 2.04. The number of halogens is 1. The van der Waals surface area contributed by atoms with Crippen molar-refractivity contribution in [3.8, 4) is 0 Å². The lowest BCUT2D eigenvalue weighted by molar-refractivity contribution is -0.121. The molecule has 0 saturated heterocycles. The van der Waals surface area contributed by atoms with Crippen molar-refractivity contribution in [2.45, 2.75) is 19.9 Å². The summed E-state index contributed by atoms with van der Waals surface area (Å²) >= 11 is 0. The van der Waals surface area contributed by atoms with Crippen LogP contribution in [0.1, 0.15) is 18.9 Å². The van der Waals surface area contributed by atoms with Gasteiger partial charge in [-0.2, -0.15) is 0 Å². The number of rotatable bonds is 7. The topological polar surface area (TPSA) is 70.2 Å². The van der Waals surface area contributed by atoms with Gasteiger partial charge in [-0.15, -0.1) is 0 Å². The maximum absolute atomic E-state index is 13.4. The number of nitrogens with one attached hydrogen (secondary N) is 3. The monoisotopic (exact) mass is 329 g/mol. The molecule has 0 aliphatic carbocycles. The van der Waals surface area contributed by atoms with Crippen molar-refractivity contribution in [3.05, 3.63) is 59.9 Å². The molecule has 0 fully saturated rings. The minimum Gasteiger partial charge on any atom is -0.385 e. The van der Waals surface area contributed by atoms with Crippen LogP contribution in [-0.2, 0) is 16.1 Å². The maximum atomic E-state index is 13.4. The van der Waals surface area contributed by atoms with Gasteiger partial charge in [-0.05, 0) is 30.3 Å². The molecule has 2 rings (SSSR count). The zero-order chi connectivity index (χ0) is 17.4. The van der Waals surface area contributed by atoms with Crippen LogP contribution >= 0.6 is 0 Å². The van der Waals surface area contributed by atoms with E-state index in [1.54, 1.807) is 30.3 Å². The predicted octanol–water partition coefficient (Wildman–Crippen LogP) is 2.90. The van der Waals surface area contributed by atoms with Gasteiger partial charge in [0.05, 0.1) is 0 Å². The molecule has 3 N–H and O–H groups in total. The molecule has 0 aliphatic heterocycles. The van der Waals surface area contributed by atoms with Crippen LogP contribution in [0.2, 0.25) is 0 Å². The quantitative estimate of drug-likeness (QED) is 0.731. The van der Waals surface area contributed by atoms with Gasteiger partial charge in [0.2, 0.25) is 11.8 Å². The van der Waals surface area contributed by atoms with Gasteiger partial charge in [0.1, 0.15) is 5.82 Å². The Labute approximate surface area is 140 Å². The van der Waals surface area contributed by atoms with Crippen LogP contribution in [0.3, 0.4) is 0 Å². The molecular formula is C18H20FN3O2. The molecule has 0 radical (unpaired) electrons. The van der Waals surface area contributed by atoms with Crippen LogP contribution in [0.5, 0.6) is 0 Å². The Morgan fingerprint density at radius 1 is 1.00 bits per heavy atom. The van der Waals surface area contributed by atoms with E-state index in [4.69, 9.17) is 0 Å². The van der Waals surface area contributed by atoms with E-state index >= 15 is 0 Å². The zero-order valence-electron chi connectivity index (χ0n) is 13.4. The lowest BCUT2D eigenvalue weighted by Crippen LogP contribution is -2.25. The van der Waals surface area contributed by atoms with Gasteiger partial charge < -0.3 is 16.0 Å². The van der Waals surface area contributed by atoms with Crippen molar-refractivity contribution in [1.82, 2.24) is 5.32 Å². The Hall–Kier alpha value is -2.89. The van der Waals surface area contributed by atoms with E-state index in [1.807, 2.05) is 12.1 Å². The van der Waals surface area contributed by atoms with Crippen LogP contribution in [0, 0.1) is 5.82 Å². The minimum atomic E-state index is -0.324. The van der Waals surface area contributed by atoms with E-state index in [1.165, 1.54) is 13.0 Å². The number of amides is 2. The molecule has 0 spiro atoms. The van der Waals surface area contributed by atoms with E-state index in [2.05, 4.69) is 16.0 Å². The molecule has 0 heterocycles. The second-order valence-electron chi connectivity index (χ2n) is 5.30. The molecule has 2 aromatic rings. The maximum Gasteiger partial charge on any atom is 0.222 e. The molecule has 6 heteroatoms. The van der Waals surface area contributed by atoms with E-state index in [-0.39, 0.29) is 30.6 Å². The second kappa shape index (κ2) is 8.67. The lowest BCUT2D eigenvalue weighted by Gasteiger charge is -2.09. The number of benzene rings is 2. The van der Waals surface area contributed by atoms with Gasteiger partial charge in [0.15, 0.2) is 0 Å². The van der Waals surface area contributed by atoms with Gasteiger partial charge in [-0.25, -0.2) is 4.39 Å². The summed E-state index contributed by atoms with van der Waals surface area (Å²) in [6, 6.07) is 13.6. The van der Waals surface area contributed by atoms with Gasteiger partial charge in [0, 0.05) is 43.4 Å². The molecule has 2 amide bonds. The standard InChI is InChI=1S/C18H20FN3O2/c1-13(23)22-16-8-6-15(7-9-16)20-11-10-18(24)21-12-14-4-2-3-5-17(14)19/h2-9,20H,10-12H2,1H3,(H,21,24)(H,22,23). The van der Waals surface area contributed by atoms with Gasteiger partial charge in [-0.3, -0.25) is 9.59 Å². The summed E-state index contributed by atoms with van der Waals surface area (Å²) in [6.45, 7) is 2.09. The number of anilines is 2. The van der Waals surface area contributed by atoms with Crippen molar-refractivity contribution in [3.63, 3.8) is 0 Å². The van der Waals surface area contributed by atoms with Gasteiger partial charge in [0.25, 0.3) is 0 Å². The third-order valence-electron chi connectivity index (χ3n) is 3.32. The van der Waals surface area contributed by atoms with E-state index in [0.717, 1.165) is 11.4 Å². The van der Waals surface area contributed by atoms with Gasteiger partial charge >= 0.3 is 0 Å². The van der Waals surface area contributed by atoms with Crippen LogP contribution in [0.25, 0.3) is 0 Å². The third-order valence-corrected chi connectivity index (χ3v) is 3.32. The van der Waals surface area contributed by atoms with Crippen LogP contribution in [0.4, 0.5) is 15.8 Å². The van der Waals surface area contributed by atoms with Crippen molar-refractivity contribution >= 4 is 23.2 Å². The van der Waals surface area contributed by atoms with Crippen molar-refractivity contribution < 1.29 is 14.0 Å². The summed E-state index contributed by atoms with van der Waals surface area (Å²) in [5, 5.41) is 8.49. The number of hydrogen-bond acceptors (Lipinski definition) is 3. The highest BCUT2D eigenvalue weighted by Crippen LogP contribution is 2.13. The summed E-state index contributed by atoms with van der Waals surface area (Å²) in [7, 11) is 0. The largest absolute Gasteiger partial charge is 0.385 e. The summed E-state index contributed by atoms with van der Waals surface area (Å²) in [5.41, 5.74) is 2.04. The number of hydrogen-bond donors (Lipinski definition) is 3. The van der Waals surface area contributed by atoms with Crippen molar-refractivity contribution in [2.75, 3.05) is 17.2 Å². The van der Waals surface area contributed by atoms with E-state index in [0.29, 0.717) is 12.1 Å². The first-order valence-corrected chi connectivity index (χ1v) is 7.66. The summed E-state index contributed by atoms with van der Waals surface area (Å²) in [4.78, 5) is 22.7. The molecule has 24 heavy (non-hydrogen) atoms. The highest BCUT2D eigenvalue weighted by molar-refractivity contribution is 5.88. The van der Waals surface area contributed by atoms with Crippen molar-refractivity contribution in [2.24, 2.45) is 0 Å². The Balaban J connectivity index is 1.70. The molecular weight excluding hydrogens is 309 g/mol. The first-order chi connectivity index (χ1) is 11.5. The average molecular weight is 329 g/mol. The van der Waals surface area contributed by atoms with Crippen LogP contribution in [-0.4, -0.2) is 18.4 Å². The number of carbonyl (C=O) groups excluding carboxylic acids is 2. The van der Waals surface area contributed by atoms with E-state index in [9.17, 15) is 14.0 Å². The molecule has 0 aliphatic rings. The third kappa shape index (κ3) is 5.72. The van der Waals surface area contributed by atoms with Gasteiger partial charge in [-0.1, -0.05) is 18.2 Å². The smallest absolute Gasteiger partial charge is 0.222 e. The Morgan fingerprint density at radius 3 is 2.33 bits per heavy atom. The molecule has 0 aromatic heterocycles. The fourth-order valence-corrected chi connectivity index (χ4v) is 2.12. The SMILES string of the molecule is CC(=O)Nc1ccc(NCCC(=O)NCc2ccccc2F)cc1. The summed E-state index contributed by atoms with van der Waals surface area (Å²) < 4.78 is 13.4. The highest BCUT2D eigenvalue weighted by atomic mass is 19.1. The molecule has 0 bridgehead atoms. The van der Waals surface area contributed by atoms with Crippen LogP contribution in [0.15, 0.2) is 48.5 Å². The molecule has 126 valence electrons. The fraction of sp³-hybridized carbons (Fsp3) is 0.222. The molecule has 0 saturated carbocycles. The molecule has 2 aromatic carbocycles. The Bertz CT molecular complexity index is 702. The molecule has 0 atom stereocenters. The average Bonchev–Trinajstić information content (AvgIpc) is 2.55.